The number of nitrogens with zero attached hydrogens (tertiary/aromatic N) is 5. The van der Waals surface area contributed by atoms with Gasteiger partial charge in [0.05, 0.1) is 43.2 Å². The summed E-state index contributed by atoms with van der Waals surface area (Å²) in [5.41, 5.74) is 0.223. The standard InChI is InChI=1S/C25H19F3N6O4/c1-36-9-10-37-13-17-20(23-32-21-15(11-25(26,27)28)30-8-7-18(21)38-23)24(35)34-22(31-17)19(16(12-29)33-34)14-5-3-2-4-6-14/h2-8,33H,9-11,13H2,1H3. The molecule has 0 fully saturated rings. The van der Waals surface area contributed by atoms with E-state index in [9.17, 15) is 23.2 Å². The number of hydrogen-bond acceptors (Lipinski definition) is 8. The van der Waals surface area contributed by atoms with Crippen molar-refractivity contribution in [1.29, 1.82) is 5.26 Å². The van der Waals surface area contributed by atoms with Crippen molar-refractivity contribution < 1.29 is 27.1 Å². The van der Waals surface area contributed by atoms with Crippen molar-refractivity contribution in [2.24, 2.45) is 0 Å². The first kappa shape index (κ1) is 25.1. The molecular formula is C25H19F3N6O4. The Balaban J connectivity index is 1.73. The lowest BCUT2D eigenvalue weighted by Gasteiger charge is -2.08. The van der Waals surface area contributed by atoms with E-state index in [4.69, 9.17) is 13.9 Å². The average molecular weight is 524 g/mol. The zero-order valence-corrected chi connectivity index (χ0v) is 19.9. The number of H-pyrrole nitrogens is 1. The van der Waals surface area contributed by atoms with Crippen molar-refractivity contribution in [3.8, 4) is 28.7 Å². The van der Waals surface area contributed by atoms with Crippen LogP contribution in [-0.2, 0) is 22.5 Å². The molecule has 13 heteroatoms. The van der Waals surface area contributed by atoms with Crippen LogP contribution in [0.25, 0.3) is 39.3 Å². The number of alkyl halides is 3. The second-order valence-corrected chi connectivity index (χ2v) is 8.20. The third kappa shape index (κ3) is 4.74. The van der Waals surface area contributed by atoms with Gasteiger partial charge < -0.3 is 13.9 Å². The minimum Gasteiger partial charge on any atom is -0.436 e. The first-order valence-corrected chi connectivity index (χ1v) is 11.3. The number of hydrogen-bond donors (Lipinski definition) is 1. The highest BCUT2D eigenvalue weighted by Gasteiger charge is 2.31. The van der Waals surface area contributed by atoms with Crippen LogP contribution in [0.5, 0.6) is 0 Å². The first-order valence-electron chi connectivity index (χ1n) is 11.3. The number of ether oxygens (including phenoxy) is 2. The van der Waals surface area contributed by atoms with Crippen molar-refractivity contribution in [1.82, 2.24) is 24.6 Å². The van der Waals surface area contributed by atoms with Crippen molar-refractivity contribution in [3.63, 3.8) is 0 Å². The molecule has 0 radical (unpaired) electrons. The summed E-state index contributed by atoms with van der Waals surface area (Å²) in [5, 5.41) is 12.5. The van der Waals surface area contributed by atoms with Gasteiger partial charge in [0, 0.05) is 19.4 Å². The second kappa shape index (κ2) is 10.1. The van der Waals surface area contributed by atoms with Gasteiger partial charge in [-0.05, 0) is 5.56 Å². The zero-order chi connectivity index (χ0) is 26.9. The van der Waals surface area contributed by atoms with Crippen molar-refractivity contribution in [3.05, 3.63) is 70.0 Å². The molecule has 5 rings (SSSR count). The number of halogens is 3. The Hall–Kier alpha value is -4.54. The topological polar surface area (TPSA) is 131 Å². The molecule has 0 aliphatic heterocycles. The number of oxazole rings is 1. The van der Waals surface area contributed by atoms with Crippen LogP contribution in [0.2, 0.25) is 0 Å². The number of benzene rings is 1. The highest BCUT2D eigenvalue weighted by atomic mass is 19.4. The lowest BCUT2D eigenvalue weighted by atomic mass is 10.1. The monoisotopic (exact) mass is 524 g/mol. The number of fused-ring (bicyclic) bond motifs is 2. The van der Waals surface area contributed by atoms with E-state index in [0.717, 1.165) is 4.52 Å². The summed E-state index contributed by atoms with van der Waals surface area (Å²) in [5.74, 6) is -0.247. The normalized spacial score (nSPS) is 11.9. The smallest absolute Gasteiger partial charge is 0.394 e. The number of aromatic nitrogens is 5. The van der Waals surface area contributed by atoms with Gasteiger partial charge in [-0.25, -0.2) is 9.97 Å². The molecule has 5 aromatic rings. The lowest BCUT2D eigenvalue weighted by molar-refractivity contribution is -0.127. The minimum absolute atomic E-state index is 0.0270. The molecule has 0 spiro atoms. The lowest BCUT2D eigenvalue weighted by Crippen LogP contribution is -2.21. The number of rotatable bonds is 8. The third-order valence-electron chi connectivity index (χ3n) is 5.67. The summed E-state index contributed by atoms with van der Waals surface area (Å²) >= 11 is 0. The quantitative estimate of drug-likeness (QED) is 0.301. The molecule has 4 heterocycles. The van der Waals surface area contributed by atoms with E-state index in [2.05, 4.69) is 20.1 Å². The van der Waals surface area contributed by atoms with Gasteiger partial charge in [-0.1, -0.05) is 30.3 Å². The molecule has 0 saturated heterocycles. The van der Waals surface area contributed by atoms with Gasteiger partial charge in [-0.2, -0.15) is 22.9 Å². The fourth-order valence-electron chi connectivity index (χ4n) is 4.04. The van der Waals surface area contributed by atoms with Crippen molar-refractivity contribution >= 4 is 16.7 Å². The van der Waals surface area contributed by atoms with Crippen LogP contribution in [-0.4, -0.2) is 51.1 Å². The second-order valence-electron chi connectivity index (χ2n) is 8.20. The van der Waals surface area contributed by atoms with E-state index in [-0.39, 0.29) is 65.1 Å². The zero-order valence-electron chi connectivity index (χ0n) is 19.9. The molecule has 0 bridgehead atoms. The molecule has 10 nitrogen and oxygen atoms in total. The van der Waals surface area contributed by atoms with Crippen molar-refractivity contribution in [2.75, 3.05) is 20.3 Å². The van der Waals surface area contributed by atoms with Gasteiger partial charge in [-0.3, -0.25) is 14.9 Å². The maximum atomic E-state index is 13.7. The molecular weight excluding hydrogens is 505 g/mol. The maximum Gasteiger partial charge on any atom is 0.394 e. The van der Waals surface area contributed by atoms with Crippen LogP contribution < -0.4 is 5.56 Å². The average Bonchev–Trinajstić information content (AvgIpc) is 3.48. The first-order chi connectivity index (χ1) is 18.3. The van der Waals surface area contributed by atoms with E-state index >= 15 is 0 Å². The Morgan fingerprint density at radius 1 is 1.11 bits per heavy atom. The van der Waals surface area contributed by atoms with E-state index in [0.29, 0.717) is 11.1 Å². The largest absolute Gasteiger partial charge is 0.436 e. The molecule has 0 aliphatic rings. The maximum absolute atomic E-state index is 13.7. The number of methoxy groups -OCH3 is 1. The minimum atomic E-state index is -4.52. The summed E-state index contributed by atoms with van der Waals surface area (Å²) in [6.07, 6.45) is -4.66. The Morgan fingerprint density at radius 3 is 2.61 bits per heavy atom. The van der Waals surface area contributed by atoms with Crippen LogP contribution in [0, 0.1) is 11.3 Å². The molecule has 4 aromatic heterocycles. The Morgan fingerprint density at radius 2 is 1.89 bits per heavy atom. The summed E-state index contributed by atoms with van der Waals surface area (Å²) in [6, 6.07) is 12.3. The number of aromatic amines is 1. The highest BCUT2D eigenvalue weighted by Crippen LogP contribution is 2.31. The molecule has 194 valence electrons. The number of nitriles is 1. The summed E-state index contributed by atoms with van der Waals surface area (Å²) in [4.78, 5) is 26.4. The predicted octanol–water partition coefficient (Wildman–Crippen LogP) is 4.03. The van der Waals surface area contributed by atoms with Crippen LogP contribution in [0.1, 0.15) is 17.1 Å². The van der Waals surface area contributed by atoms with Gasteiger partial charge in [0.15, 0.2) is 11.2 Å². The van der Waals surface area contributed by atoms with E-state index in [1.807, 2.05) is 12.1 Å². The van der Waals surface area contributed by atoms with Gasteiger partial charge >= 0.3 is 6.18 Å². The van der Waals surface area contributed by atoms with Crippen molar-refractivity contribution in [2.45, 2.75) is 19.2 Å². The molecule has 0 unspecified atom stereocenters. The van der Waals surface area contributed by atoms with E-state index < -0.39 is 18.2 Å². The fraction of sp³-hybridized carbons (Fsp3) is 0.240. The van der Waals surface area contributed by atoms with Crippen LogP contribution >= 0.6 is 0 Å². The molecule has 0 amide bonds. The van der Waals surface area contributed by atoms with Crippen LogP contribution in [0.15, 0.2) is 51.8 Å². The van der Waals surface area contributed by atoms with E-state index in [1.165, 1.54) is 19.4 Å². The predicted molar refractivity (Wildman–Crippen MR) is 128 cm³/mol. The summed E-state index contributed by atoms with van der Waals surface area (Å²) < 4.78 is 56.7. The molecule has 38 heavy (non-hydrogen) atoms. The van der Waals surface area contributed by atoms with Crippen LogP contribution in [0.4, 0.5) is 13.2 Å². The van der Waals surface area contributed by atoms with E-state index in [1.54, 1.807) is 24.3 Å². The molecule has 1 N–H and O–H groups in total. The summed E-state index contributed by atoms with van der Waals surface area (Å²) in [7, 11) is 1.51. The highest BCUT2D eigenvalue weighted by molar-refractivity contribution is 5.83. The van der Waals surface area contributed by atoms with Crippen LogP contribution in [0.3, 0.4) is 0 Å². The molecule has 1 aromatic carbocycles. The Bertz CT molecular complexity index is 1720. The van der Waals surface area contributed by atoms with Gasteiger partial charge in [0.2, 0.25) is 5.89 Å². The number of pyridine rings is 1. The van der Waals surface area contributed by atoms with Gasteiger partial charge in [-0.15, -0.1) is 0 Å². The Labute approximate surface area is 212 Å². The Kier molecular flexibility index (Phi) is 6.66. The van der Waals surface area contributed by atoms with Gasteiger partial charge in [0.1, 0.15) is 22.8 Å². The molecule has 0 atom stereocenters. The number of nitrogens with one attached hydrogen (secondary N) is 1. The molecule has 0 aliphatic carbocycles. The van der Waals surface area contributed by atoms with Gasteiger partial charge in [0.25, 0.3) is 5.56 Å². The third-order valence-corrected chi connectivity index (χ3v) is 5.67. The SMILES string of the molecule is COCCOCc1nc2c(-c3ccccc3)c(C#N)[nH]n2c(=O)c1-c1nc2c(CC(F)(F)F)nccc2o1. The fourth-order valence-corrected chi connectivity index (χ4v) is 4.04. The summed E-state index contributed by atoms with van der Waals surface area (Å²) in [6.45, 7) is 0.314. The molecule has 0 saturated carbocycles.